The van der Waals surface area contributed by atoms with Crippen molar-refractivity contribution in [3.8, 4) is 17.2 Å². The van der Waals surface area contributed by atoms with Gasteiger partial charge >= 0.3 is 0 Å². The molecule has 0 radical (unpaired) electrons. The molecule has 2 aliphatic rings. The Balaban J connectivity index is 1.40. The Morgan fingerprint density at radius 3 is 2.62 bits per heavy atom. The van der Waals surface area contributed by atoms with Crippen LogP contribution in [0.3, 0.4) is 0 Å². The van der Waals surface area contributed by atoms with Crippen LogP contribution in [0.15, 0.2) is 24.5 Å². The molecule has 2 aliphatic carbocycles. The van der Waals surface area contributed by atoms with Crippen molar-refractivity contribution in [3.05, 3.63) is 40.4 Å². The highest BCUT2D eigenvalue weighted by molar-refractivity contribution is 6.33. The van der Waals surface area contributed by atoms with Crippen LogP contribution in [-0.4, -0.2) is 42.3 Å². The van der Waals surface area contributed by atoms with E-state index in [0.717, 1.165) is 48.4 Å². The lowest BCUT2D eigenvalue weighted by Crippen LogP contribution is -2.41. The molecule has 2 saturated carbocycles. The number of pyridine rings is 2. The minimum absolute atomic E-state index is 0.267. The molecular formula is C26H33Cl2N5O. The minimum atomic E-state index is -0.267. The standard InChI is InChI=1S/C26H33Cl2N5O/c1-17(14-34-2)33-20-5-3-18(4-6-20)9-21-11-22(23(27)13-30-21)19-10-24(25(28)31-12-19)32-16-26(15-29)7-8-26/h10-13,17-18,20,32-33H,3-9,14,16H2,1-2H3/t17-,18?,20?/m1/s1. The van der Waals surface area contributed by atoms with E-state index in [9.17, 15) is 5.26 Å². The summed E-state index contributed by atoms with van der Waals surface area (Å²) in [7, 11) is 1.75. The first-order valence-electron chi connectivity index (χ1n) is 12.1. The average Bonchev–Trinajstić information content (AvgIpc) is 3.62. The van der Waals surface area contributed by atoms with Crippen LogP contribution in [-0.2, 0) is 11.2 Å². The number of hydrogen-bond donors (Lipinski definition) is 2. The second kappa shape index (κ2) is 11.2. The lowest BCUT2D eigenvalue weighted by Gasteiger charge is -2.31. The first kappa shape index (κ1) is 25.2. The maximum Gasteiger partial charge on any atom is 0.152 e. The van der Waals surface area contributed by atoms with Crippen LogP contribution in [0.25, 0.3) is 11.1 Å². The molecule has 8 heteroatoms. The van der Waals surface area contributed by atoms with Gasteiger partial charge in [-0.25, -0.2) is 4.98 Å². The van der Waals surface area contributed by atoms with Crippen molar-refractivity contribution in [1.82, 2.24) is 15.3 Å². The van der Waals surface area contributed by atoms with E-state index in [-0.39, 0.29) is 5.41 Å². The summed E-state index contributed by atoms with van der Waals surface area (Å²) in [6, 6.07) is 7.39. The van der Waals surface area contributed by atoms with Crippen molar-refractivity contribution in [2.75, 3.05) is 25.6 Å². The molecule has 2 aromatic rings. The number of halogens is 2. The predicted molar refractivity (Wildman–Crippen MR) is 137 cm³/mol. The van der Waals surface area contributed by atoms with Gasteiger partial charge in [0, 0.05) is 55.0 Å². The maximum absolute atomic E-state index is 9.34. The van der Waals surface area contributed by atoms with Gasteiger partial charge in [-0.3, -0.25) is 4.98 Å². The van der Waals surface area contributed by atoms with E-state index in [1.165, 1.54) is 25.7 Å². The highest BCUT2D eigenvalue weighted by atomic mass is 35.5. The van der Waals surface area contributed by atoms with Crippen LogP contribution in [0.5, 0.6) is 0 Å². The molecule has 2 aromatic heterocycles. The molecule has 0 spiro atoms. The van der Waals surface area contributed by atoms with Gasteiger partial charge in [0.15, 0.2) is 5.15 Å². The van der Waals surface area contributed by atoms with Crippen molar-refractivity contribution in [3.63, 3.8) is 0 Å². The fourth-order valence-corrected chi connectivity index (χ4v) is 5.19. The number of anilines is 1. The molecule has 0 saturated heterocycles. The maximum atomic E-state index is 9.34. The second-order valence-corrected chi connectivity index (χ2v) is 10.7. The molecule has 2 N–H and O–H groups in total. The van der Waals surface area contributed by atoms with E-state index in [1.54, 1.807) is 19.5 Å². The molecule has 4 rings (SSSR count). The predicted octanol–water partition coefficient (Wildman–Crippen LogP) is 5.89. The van der Waals surface area contributed by atoms with E-state index in [1.807, 2.05) is 6.07 Å². The smallest absolute Gasteiger partial charge is 0.152 e. The number of ether oxygens (including phenoxy) is 1. The van der Waals surface area contributed by atoms with Gasteiger partial charge in [-0.2, -0.15) is 5.26 Å². The van der Waals surface area contributed by atoms with Gasteiger partial charge in [0.1, 0.15) is 0 Å². The lowest BCUT2D eigenvalue weighted by molar-refractivity contribution is 0.158. The first-order chi connectivity index (χ1) is 16.4. The van der Waals surface area contributed by atoms with Gasteiger partial charge in [0.2, 0.25) is 0 Å². The van der Waals surface area contributed by atoms with Gasteiger partial charge in [-0.15, -0.1) is 0 Å². The molecule has 6 nitrogen and oxygen atoms in total. The summed E-state index contributed by atoms with van der Waals surface area (Å²) in [4.78, 5) is 8.97. The number of nitriles is 1. The molecule has 182 valence electrons. The van der Waals surface area contributed by atoms with E-state index < -0.39 is 0 Å². The zero-order valence-electron chi connectivity index (χ0n) is 19.9. The Kier molecular flexibility index (Phi) is 8.31. The third kappa shape index (κ3) is 6.40. The van der Waals surface area contributed by atoms with Gasteiger partial charge in [-0.1, -0.05) is 23.2 Å². The van der Waals surface area contributed by atoms with Crippen LogP contribution in [0.1, 0.15) is 51.1 Å². The second-order valence-electron chi connectivity index (χ2n) is 9.91. The fraction of sp³-hybridized carbons (Fsp3) is 0.577. The lowest BCUT2D eigenvalue weighted by atomic mass is 9.83. The number of aromatic nitrogens is 2. The molecule has 0 amide bonds. The number of rotatable bonds is 10. The summed E-state index contributed by atoms with van der Waals surface area (Å²) in [6.45, 7) is 3.49. The largest absolute Gasteiger partial charge is 0.383 e. The Bertz CT molecular complexity index is 1030. The molecule has 0 aromatic carbocycles. The van der Waals surface area contributed by atoms with E-state index in [4.69, 9.17) is 27.9 Å². The molecule has 0 aliphatic heterocycles. The number of methoxy groups -OCH3 is 1. The minimum Gasteiger partial charge on any atom is -0.383 e. The van der Waals surface area contributed by atoms with Gasteiger partial charge in [0.05, 0.1) is 28.8 Å². The number of hydrogen-bond acceptors (Lipinski definition) is 6. The summed E-state index contributed by atoms with van der Waals surface area (Å²) in [5.74, 6) is 0.624. The van der Waals surface area contributed by atoms with Crippen molar-refractivity contribution < 1.29 is 4.74 Å². The third-order valence-corrected chi connectivity index (χ3v) is 7.65. The van der Waals surface area contributed by atoms with Gasteiger partial charge < -0.3 is 15.4 Å². The zero-order valence-corrected chi connectivity index (χ0v) is 21.4. The van der Waals surface area contributed by atoms with Crippen molar-refractivity contribution in [2.24, 2.45) is 11.3 Å². The summed E-state index contributed by atoms with van der Waals surface area (Å²) in [5, 5.41) is 17.3. The molecule has 0 unspecified atom stereocenters. The van der Waals surface area contributed by atoms with Gasteiger partial charge in [-0.05, 0) is 69.9 Å². The van der Waals surface area contributed by atoms with Crippen LogP contribution >= 0.6 is 23.2 Å². The quantitative estimate of drug-likeness (QED) is 0.394. The topological polar surface area (TPSA) is 82.9 Å². The number of nitrogens with zero attached hydrogens (tertiary/aromatic N) is 3. The van der Waals surface area contributed by atoms with Crippen LogP contribution in [0, 0.1) is 22.7 Å². The highest BCUT2D eigenvalue weighted by Crippen LogP contribution is 2.45. The van der Waals surface area contributed by atoms with E-state index >= 15 is 0 Å². The normalized spacial score (nSPS) is 22.1. The van der Waals surface area contributed by atoms with E-state index in [0.29, 0.717) is 34.7 Å². The van der Waals surface area contributed by atoms with Crippen LogP contribution in [0.2, 0.25) is 10.2 Å². The summed E-state index contributed by atoms with van der Waals surface area (Å²) in [5.41, 5.74) is 3.31. The fourth-order valence-electron chi connectivity index (χ4n) is 4.81. The molecule has 2 fully saturated rings. The molecule has 2 heterocycles. The van der Waals surface area contributed by atoms with Crippen molar-refractivity contribution in [2.45, 2.75) is 64.0 Å². The van der Waals surface area contributed by atoms with Gasteiger partial charge in [0.25, 0.3) is 0 Å². The third-order valence-electron chi connectivity index (χ3n) is 7.05. The van der Waals surface area contributed by atoms with Crippen LogP contribution in [0.4, 0.5) is 5.69 Å². The molecule has 1 atom stereocenters. The monoisotopic (exact) mass is 501 g/mol. The Morgan fingerprint density at radius 2 is 1.94 bits per heavy atom. The van der Waals surface area contributed by atoms with Crippen molar-refractivity contribution >= 4 is 28.9 Å². The Morgan fingerprint density at radius 1 is 1.18 bits per heavy atom. The van der Waals surface area contributed by atoms with E-state index in [2.05, 4.69) is 39.7 Å². The Labute approximate surface area is 212 Å². The zero-order chi connectivity index (χ0) is 24.1. The summed E-state index contributed by atoms with van der Waals surface area (Å²) < 4.78 is 5.24. The first-order valence-corrected chi connectivity index (χ1v) is 12.9. The summed E-state index contributed by atoms with van der Waals surface area (Å²) in [6.07, 6.45) is 11.0. The van der Waals surface area contributed by atoms with Crippen molar-refractivity contribution in [1.29, 1.82) is 5.26 Å². The summed E-state index contributed by atoms with van der Waals surface area (Å²) >= 11 is 12.9. The number of nitrogens with one attached hydrogen (secondary N) is 2. The Hall–Kier alpha value is -1.91. The highest BCUT2D eigenvalue weighted by Gasteiger charge is 2.43. The average molecular weight is 502 g/mol. The molecule has 34 heavy (non-hydrogen) atoms. The van der Waals surface area contributed by atoms with Crippen LogP contribution < -0.4 is 10.6 Å². The SMILES string of the molecule is COC[C@@H](C)NC1CCC(Cc2cc(-c3cnc(Cl)c(NCC4(C#N)CC4)c3)c(Cl)cn2)CC1. The molecule has 0 bridgehead atoms. The molecular weight excluding hydrogens is 469 g/mol.